The molecule has 0 aromatic carbocycles. The third kappa shape index (κ3) is 3.85. The zero-order valence-electron chi connectivity index (χ0n) is 16.2. The van der Waals surface area contributed by atoms with Gasteiger partial charge in [-0.3, -0.25) is 9.78 Å². The zero-order valence-corrected chi connectivity index (χ0v) is 16.2. The maximum atomic E-state index is 11.9. The number of nitrogens with zero attached hydrogens (tertiary/aromatic N) is 5. The Hall–Kier alpha value is -3.29. The Morgan fingerprint density at radius 3 is 2.82 bits per heavy atom. The average Bonchev–Trinajstić information content (AvgIpc) is 3.08. The van der Waals surface area contributed by atoms with Crippen LogP contribution in [0, 0.1) is 6.92 Å². The van der Waals surface area contributed by atoms with Gasteiger partial charge in [-0.1, -0.05) is 5.16 Å². The van der Waals surface area contributed by atoms with E-state index >= 15 is 0 Å². The first-order valence-electron chi connectivity index (χ1n) is 9.22. The van der Waals surface area contributed by atoms with Crippen LogP contribution < -0.4 is 0 Å². The molecule has 0 radical (unpaired) electrons. The lowest BCUT2D eigenvalue weighted by molar-refractivity contribution is -0.143. The Morgan fingerprint density at radius 1 is 1.32 bits per heavy atom. The molecule has 3 aromatic rings. The van der Waals surface area contributed by atoms with Gasteiger partial charge in [0.2, 0.25) is 0 Å². The average molecular weight is 381 g/mol. The smallest absolute Gasteiger partial charge is 0.306 e. The number of hydrogen-bond acceptors (Lipinski definition) is 7. The van der Waals surface area contributed by atoms with Crippen molar-refractivity contribution in [2.24, 2.45) is 5.16 Å². The van der Waals surface area contributed by atoms with Gasteiger partial charge in [0.05, 0.1) is 24.7 Å². The summed E-state index contributed by atoms with van der Waals surface area (Å²) in [5.41, 5.74) is 4.77. The first-order chi connectivity index (χ1) is 13.6. The highest BCUT2D eigenvalue weighted by atomic mass is 16.5. The maximum absolute atomic E-state index is 11.9. The molecule has 0 amide bonds. The second-order valence-corrected chi connectivity index (χ2v) is 6.35. The van der Waals surface area contributed by atoms with Crippen LogP contribution in [-0.2, 0) is 22.5 Å². The largest absolute Gasteiger partial charge is 0.466 e. The van der Waals surface area contributed by atoms with Gasteiger partial charge >= 0.3 is 5.97 Å². The highest BCUT2D eigenvalue weighted by molar-refractivity contribution is 5.99. The summed E-state index contributed by atoms with van der Waals surface area (Å²) in [6, 6.07) is 2.03. The van der Waals surface area contributed by atoms with Gasteiger partial charge in [-0.15, -0.1) is 0 Å². The van der Waals surface area contributed by atoms with Crippen LogP contribution in [0.3, 0.4) is 0 Å². The van der Waals surface area contributed by atoms with E-state index in [1.807, 2.05) is 19.9 Å². The number of hydrogen-bond donors (Lipinski definition) is 1. The fraction of sp³-hybridized carbons (Fsp3) is 0.350. The van der Waals surface area contributed by atoms with Crippen molar-refractivity contribution in [2.75, 3.05) is 6.61 Å². The van der Waals surface area contributed by atoms with E-state index in [-0.39, 0.29) is 12.4 Å². The van der Waals surface area contributed by atoms with E-state index in [1.165, 1.54) is 6.21 Å². The molecule has 0 aliphatic heterocycles. The summed E-state index contributed by atoms with van der Waals surface area (Å²) in [7, 11) is 0. The molecule has 0 unspecified atom stereocenters. The van der Waals surface area contributed by atoms with Crippen LogP contribution >= 0.6 is 0 Å². The van der Waals surface area contributed by atoms with Gasteiger partial charge in [-0.2, -0.15) is 5.10 Å². The molecule has 0 aliphatic rings. The van der Waals surface area contributed by atoms with Crippen molar-refractivity contribution in [2.45, 2.75) is 40.2 Å². The lowest BCUT2D eigenvalue weighted by atomic mass is 9.93. The van der Waals surface area contributed by atoms with Crippen LogP contribution in [0.5, 0.6) is 0 Å². The van der Waals surface area contributed by atoms with Crippen LogP contribution in [0.25, 0.3) is 22.2 Å². The summed E-state index contributed by atoms with van der Waals surface area (Å²) in [5.74, 6) is -0.285. The summed E-state index contributed by atoms with van der Waals surface area (Å²) >= 11 is 0. The molecule has 0 atom stereocenters. The lowest BCUT2D eigenvalue weighted by Crippen LogP contribution is -2.09. The minimum absolute atomic E-state index is 0.196. The van der Waals surface area contributed by atoms with Gasteiger partial charge in [0.15, 0.2) is 5.65 Å². The van der Waals surface area contributed by atoms with Crippen molar-refractivity contribution in [3.05, 3.63) is 41.5 Å². The summed E-state index contributed by atoms with van der Waals surface area (Å²) in [5, 5.41) is 17.6. The molecule has 1 N–H and O–H groups in total. The normalized spacial score (nSPS) is 11.4. The Labute approximate surface area is 162 Å². The predicted molar refractivity (Wildman–Crippen MR) is 106 cm³/mol. The highest BCUT2D eigenvalue weighted by Crippen LogP contribution is 2.33. The standard InChI is InChI=1S/C20H23N5O3/c1-4-25-20-16(11-22-25)19(14-8-13(3)9-21-10-14)15(17(24-20)12-23-27)6-7-18(26)28-5-2/h8-12,27H,4-7H2,1-3H3. The van der Waals surface area contributed by atoms with Gasteiger partial charge in [0.25, 0.3) is 0 Å². The van der Waals surface area contributed by atoms with Gasteiger partial charge in [0, 0.05) is 41.9 Å². The SMILES string of the molecule is CCOC(=O)CCc1c(C=NO)nc2c(cnn2CC)c1-c1cncc(C)c1. The molecule has 146 valence electrons. The number of aromatic nitrogens is 4. The zero-order chi connectivity index (χ0) is 20.1. The minimum Gasteiger partial charge on any atom is -0.466 e. The lowest BCUT2D eigenvalue weighted by Gasteiger charge is -2.14. The van der Waals surface area contributed by atoms with Crippen molar-refractivity contribution in [1.29, 1.82) is 0 Å². The van der Waals surface area contributed by atoms with Crippen molar-refractivity contribution < 1.29 is 14.7 Å². The van der Waals surface area contributed by atoms with E-state index in [1.54, 1.807) is 30.2 Å². The van der Waals surface area contributed by atoms with E-state index in [0.717, 1.165) is 27.6 Å². The molecule has 8 heteroatoms. The number of esters is 1. The number of aryl methyl sites for hydroxylation is 2. The highest BCUT2D eigenvalue weighted by Gasteiger charge is 2.20. The van der Waals surface area contributed by atoms with E-state index in [2.05, 4.69) is 20.2 Å². The van der Waals surface area contributed by atoms with Crippen LogP contribution in [0.2, 0.25) is 0 Å². The summed E-state index contributed by atoms with van der Waals surface area (Å²) in [6.07, 6.45) is 7.21. The van der Waals surface area contributed by atoms with Crippen LogP contribution in [-0.4, -0.2) is 43.7 Å². The third-order valence-electron chi connectivity index (χ3n) is 4.45. The quantitative estimate of drug-likeness (QED) is 0.292. The second kappa shape index (κ2) is 8.60. The molecule has 0 aliphatic carbocycles. The Balaban J connectivity index is 2.25. The number of pyridine rings is 2. The molecule has 0 spiro atoms. The van der Waals surface area contributed by atoms with Gasteiger partial charge in [-0.25, -0.2) is 9.67 Å². The fourth-order valence-corrected chi connectivity index (χ4v) is 3.27. The summed E-state index contributed by atoms with van der Waals surface area (Å²) in [6.45, 7) is 6.71. The van der Waals surface area contributed by atoms with Crippen molar-refractivity contribution in [1.82, 2.24) is 19.7 Å². The molecule has 8 nitrogen and oxygen atoms in total. The van der Waals surface area contributed by atoms with Crippen molar-refractivity contribution in [3.8, 4) is 11.1 Å². The molecule has 3 heterocycles. The van der Waals surface area contributed by atoms with E-state index < -0.39 is 0 Å². The number of ether oxygens (including phenoxy) is 1. The molecular weight excluding hydrogens is 358 g/mol. The van der Waals surface area contributed by atoms with E-state index in [0.29, 0.717) is 30.9 Å². The molecule has 3 rings (SSSR count). The number of oxime groups is 1. The topological polar surface area (TPSA) is 102 Å². The van der Waals surface area contributed by atoms with Crippen LogP contribution in [0.4, 0.5) is 0 Å². The van der Waals surface area contributed by atoms with Gasteiger partial charge in [0.1, 0.15) is 0 Å². The molecule has 3 aromatic heterocycles. The number of carbonyl (C=O) groups excluding carboxylic acids is 1. The maximum Gasteiger partial charge on any atom is 0.306 e. The number of fused-ring (bicyclic) bond motifs is 1. The van der Waals surface area contributed by atoms with Crippen molar-refractivity contribution in [3.63, 3.8) is 0 Å². The van der Waals surface area contributed by atoms with Crippen LogP contribution in [0.1, 0.15) is 37.1 Å². The van der Waals surface area contributed by atoms with Gasteiger partial charge < -0.3 is 9.94 Å². The summed E-state index contributed by atoms with van der Waals surface area (Å²) in [4.78, 5) is 20.9. The second-order valence-electron chi connectivity index (χ2n) is 6.35. The molecule has 0 saturated heterocycles. The first-order valence-corrected chi connectivity index (χ1v) is 9.22. The molecule has 0 saturated carbocycles. The predicted octanol–water partition coefficient (Wildman–Crippen LogP) is 3.13. The van der Waals surface area contributed by atoms with Crippen LogP contribution in [0.15, 0.2) is 29.8 Å². The summed E-state index contributed by atoms with van der Waals surface area (Å²) < 4.78 is 6.85. The van der Waals surface area contributed by atoms with E-state index in [4.69, 9.17) is 9.94 Å². The Morgan fingerprint density at radius 2 is 2.14 bits per heavy atom. The van der Waals surface area contributed by atoms with Crippen molar-refractivity contribution >= 4 is 23.2 Å². The molecular formula is C20H23N5O3. The monoisotopic (exact) mass is 381 g/mol. The molecule has 28 heavy (non-hydrogen) atoms. The Bertz CT molecular complexity index is 1030. The molecule has 0 bridgehead atoms. The third-order valence-corrected chi connectivity index (χ3v) is 4.45. The van der Waals surface area contributed by atoms with E-state index in [9.17, 15) is 4.79 Å². The fourth-order valence-electron chi connectivity index (χ4n) is 3.27. The van der Waals surface area contributed by atoms with Gasteiger partial charge in [-0.05, 0) is 44.4 Å². The number of rotatable bonds is 7. The minimum atomic E-state index is -0.285. The number of carbonyl (C=O) groups is 1. The Kier molecular flexibility index (Phi) is 5.98. The molecule has 0 fully saturated rings. The first kappa shape index (κ1) is 19.5.